The van der Waals surface area contributed by atoms with E-state index in [9.17, 15) is 0 Å². The molecule has 2 saturated heterocycles. The van der Waals surface area contributed by atoms with Crippen molar-refractivity contribution >= 4 is 5.69 Å². The molecule has 100 valence electrons. The van der Waals surface area contributed by atoms with Gasteiger partial charge in [-0.15, -0.1) is 0 Å². The van der Waals surface area contributed by atoms with E-state index in [1.807, 2.05) is 12.1 Å². The Balaban J connectivity index is 1.76. The Morgan fingerprint density at radius 1 is 1.37 bits per heavy atom. The molecule has 1 aromatic carbocycles. The summed E-state index contributed by atoms with van der Waals surface area (Å²) >= 11 is 0. The van der Waals surface area contributed by atoms with Gasteiger partial charge < -0.3 is 9.64 Å². The maximum Gasteiger partial charge on any atom is 0.0991 e. The second kappa shape index (κ2) is 4.86. The smallest absolute Gasteiger partial charge is 0.0991 e. The van der Waals surface area contributed by atoms with E-state index in [4.69, 9.17) is 10.00 Å². The molecule has 0 radical (unpaired) electrons. The highest BCUT2D eigenvalue weighted by atomic mass is 16.5. The van der Waals surface area contributed by atoms with Gasteiger partial charge in [0.25, 0.3) is 0 Å². The van der Waals surface area contributed by atoms with Gasteiger partial charge >= 0.3 is 0 Å². The SMILES string of the molecule is C[C@H]1CO[C@@]2(CCCN(c3ccc(C#N)cc3)C2)C1. The minimum absolute atomic E-state index is 0.0750. The second-order valence-corrected chi connectivity index (χ2v) is 5.99. The summed E-state index contributed by atoms with van der Waals surface area (Å²) < 4.78 is 6.10. The first-order valence-electron chi connectivity index (χ1n) is 7.10. The molecule has 0 bridgehead atoms. The van der Waals surface area contributed by atoms with E-state index in [2.05, 4.69) is 30.0 Å². The topological polar surface area (TPSA) is 36.3 Å². The van der Waals surface area contributed by atoms with Crippen LogP contribution in [0.2, 0.25) is 0 Å². The highest BCUT2D eigenvalue weighted by Gasteiger charge is 2.42. The highest BCUT2D eigenvalue weighted by molar-refractivity contribution is 5.50. The van der Waals surface area contributed by atoms with Crippen molar-refractivity contribution in [1.82, 2.24) is 0 Å². The molecule has 3 nitrogen and oxygen atoms in total. The predicted octanol–water partition coefficient (Wildman–Crippen LogP) is 2.95. The van der Waals surface area contributed by atoms with Crippen molar-refractivity contribution in [2.75, 3.05) is 24.6 Å². The van der Waals surface area contributed by atoms with Crippen molar-refractivity contribution in [2.45, 2.75) is 31.8 Å². The normalized spacial score (nSPS) is 30.5. The summed E-state index contributed by atoms with van der Waals surface area (Å²) in [5.41, 5.74) is 2.01. The third-order valence-corrected chi connectivity index (χ3v) is 4.30. The first-order valence-corrected chi connectivity index (χ1v) is 7.10. The van der Waals surface area contributed by atoms with Crippen LogP contribution in [0.15, 0.2) is 24.3 Å². The molecular formula is C16H20N2O. The van der Waals surface area contributed by atoms with E-state index in [0.717, 1.165) is 25.3 Å². The summed E-state index contributed by atoms with van der Waals surface area (Å²) in [6, 6.07) is 10.1. The number of nitriles is 1. The van der Waals surface area contributed by atoms with Gasteiger partial charge in [0.05, 0.1) is 23.8 Å². The fourth-order valence-electron chi connectivity index (χ4n) is 3.42. The molecule has 3 heteroatoms. The van der Waals surface area contributed by atoms with Crippen LogP contribution in [0, 0.1) is 17.2 Å². The summed E-state index contributed by atoms with van der Waals surface area (Å²) in [6.07, 6.45) is 3.55. The number of hydrogen-bond donors (Lipinski definition) is 0. The number of rotatable bonds is 1. The molecule has 0 unspecified atom stereocenters. The molecule has 1 spiro atoms. The van der Waals surface area contributed by atoms with Crippen LogP contribution in [-0.2, 0) is 4.74 Å². The van der Waals surface area contributed by atoms with Crippen molar-refractivity contribution in [3.05, 3.63) is 29.8 Å². The van der Waals surface area contributed by atoms with Crippen LogP contribution < -0.4 is 4.90 Å². The van der Waals surface area contributed by atoms with Crippen LogP contribution in [0.4, 0.5) is 5.69 Å². The Morgan fingerprint density at radius 2 is 2.16 bits per heavy atom. The highest BCUT2D eigenvalue weighted by Crippen LogP contribution is 2.38. The molecule has 2 aliphatic rings. The summed E-state index contributed by atoms with van der Waals surface area (Å²) in [4.78, 5) is 2.41. The molecule has 2 atom stereocenters. The fraction of sp³-hybridized carbons (Fsp3) is 0.562. The number of piperidine rings is 1. The Morgan fingerprint density at radius 3 is 2.79 bits per heavy atom. The fourth-order valence-corrected chi connectivity index (χ4v) is 3.42. The van der Waals surface area contributed by atoms with Crippen LogP contribution in [0.25, 0.3) is 0 Å². The molecule has 2 heterocycles. The maximum absolute atomic E-state index is 8.85. The first-order chi connectivity index (χ1) is 9.21. The third kappa shape index (κ3) is 2.46. The zero-order chi connectivity index (χ0) is 13.3. The van der Waals surface area contributed by atoms with Gasteiger partial charge in [-0.2, -0.15) is 5.26 Å². The Labute approximate surface area is 114 Å². The molecule has 0 amide bonds. The number of ether oxygens (including phenoxy) is 1. The van der Waals surface area contributed by atoms with Crippen LogP contribution in [0.1, 0.15) is 31.7 Å². The van der Waals surface area contributed by atoms with Crippen molar-refractivity contribution in [3.8, 4) is 6.07 Å². The molecule has 0 N–H and O–H groups in total. The standard InChI is InChI=1S/C16H20N2O/c1-13-9-16(19-11-13)7-2-8-18(12-16)15-5-3-14(10-17)4-6-15/h3-6,13H,2,7-9,11-12H2,1H3/t13-,16+/m1/s1. The van der Waals surface area contributed by atoms with Crippen molar-refractivity contribution in [2.24, 2.45) is 5.92 Å². The number of benzene rings is 1. The lowest BCUT2D eigenvalue weighted by Gasteiger charge is -2.41. The Hall–Kier alpha value is -1.53. The maximum atomic E-state index is 8.85. The zero-order valence-electron chi connectivity index (χ0n) is 11.4. The molecule has 3 rings (SSSR count). The molecule has 2 aliphatic heterocycles. The van der Waals surface area contributed by atoms with Gasteiger partial charge in [-0.3, -0.25) is 0 Å². The lowest BCUT2D eigenvalue weighted by atomic mass is 9.87. The van der Waals surface area contributed by atoms with Crippen LogP contribution in [-0.4, -0.2) is 25.3 Å². The van der Waals surface area contributed by atoms with Gasteiger partial charge in [-0.05, 0) is 49.4 Å². The van der Waals surface area contributed by atoms with E-state index in [1.165, 1.54) is 24.9 Å². The number of hydrogen-bond acceptors (Lipinski definition) is 3. The summed E-state index contributed by atoms with van der Waals surface area (Å²) in [5, 5.41) is 8.85. The molecule has 19 heavy (non-hydrogen) atoms. The van der Waals surface area contributed by atoms with Crippen molar-refractivity contribution in [1.29, 1.82) is 5.26 Å². The minimum atomic E-state index is 0.0750. The van der Waals surface area contributed by atoms with Gasteiger partial charge in [-0.25, -0.2) is 0 Å². The molecule has 1 aromatic rings. The summed E-state index contributed by atoms with van der Waals surface area (Å²) in [7, 11) is 0. The lowest BCUT2D eigenvalue weighted by molar-refractivity contribution is -0.00685. The summed E-state index contributed by atoms with van der Waals surface area (Å²) in [5.74, 6) is 0.681. The van der Waals surface area contributed by atoms with Gasteiger partial charge in [-0.1, -0.05) is 6.92 Å². The minimum Gasteiger partial charge on any atom is -0.373 e. The second-order valence-electron chi connectivity index (χ2n) is 5.99. The molecule has 0 aromatic heterocycles. The third-order valence-electron chi connectivity index (χ3n) is 4.30. The summed E-state index contributed by atoms with van der Waals surface area (Å²) in [6.45, 7) is 5.26. The van der Waals surface area contributed by atoms with Crippen LogP contribution in [0.3, 0.4) is 0 Å². The van der Waals surface area contributed by atoms with E-state index >= 15 is 0 Å². The quantitative estimate of drug-likeness (QED) is 0.775. The molecule has 0 saturated carbocycles. The number of nitrogens with zero attached hydrogens (tertiary/aromatic N) is 2. The van der Waals surface area contributed by atoms with Crippen molar-refractivity contribution in [3.63, 3.8) is 0 Å². The Bertz CT molecular complexity index is 486. The molecule has 2 fully saturated rings. The monoisotopic (exact) mass is 256 g/mol. The van der Waals surface area contributed by atoms with Gasteiger partial charge in [0.1, 0.15) is 0 Å². The zero-order valence-corrected chi connectivity index (χ0v) is 11.4. The van der Waals surface area contributed by atoms with Crippen molar-refractivity contribution < 1.29 is 4.74 Å². The molecular weight excluding hydrogens is 236 g/mol. The Kier molecular flexibility index (Phi) is 3.20. The average Bonchev–Trinajstić information content (AvgIpc) is 2.79. The van der Waals surface area contributed by atoms with Gasteiger partial charge in [0.15, 0.2) is 0 Å². The van der Waals surface area contributed by atoms with Gasteiger partial charge in [0.2, 0.25) is 0 Å². The van der Waals surface area contributed by atoms with E-state index in [0.29, 0.717) is 5.92 Å². The van der Waals surface area contributed by atoms with E-state index in [-0.39, 0.29) is 5.60 Å². The van der Waals surface area contributed by atoms with Gasteiger partial charge in [0, 0.05) is 18.8 Å². The van der Waals surface area contributed by atoms with Crippen LogP contribution >= 0.6 is 0 Å². The average molecular weight is 256 g/mol. The van der Waals surface area contributed by atoms with E-state index < -0.39 is 0 Å². The van der Waals surface area contributed by atoms with Crippen LogP contribution in [0.5, 0.6) is 0 Å². The first kappa shape index (κ1) is 12.5. The lowest BCUT2D eigenvalue weighted by Crippen LogP contribution is -2.48. The largest absolute Gasteiger partial charge is 0.373 e. The number of anilines is 1. The predicted molar refractivity (Wildman–Crippen MR) is 75.1 cm³/mol. The van der Waals surface area contributed by atoms with E-state index in [1.54, 1.807) is 0 Å². The molecule has 0 aliphatic carbocycles.